The van der Waals surface area contributed by atoms with E-state index in [2.05, 4.69) is 10.6 Å². The van der Waals surface area contributed by atoms with Gasteiger partial charge in [0, 0.05) is 24.3 Å². The molecule has 2 saturated heterocycles. The van der Waals surface area contributed by atoms with E-state index in [0.29, 0.717) is 31.1 Å². The van der Waals surface area contributed by atoms with Gasteiger partial charge in [-0.2, -0.15) is 0 Å². The minimum Gasteiger partial charge on any atom is -0.381 e. The summed E-state index contributed by atoms with van der Waals surface area (Å²) in [7, 11) is 0. The van der Waals surface area contributed by atoms with E-state index in [1.54, 1.807) is 0 Å². The molecule has 2 heterocycles. The lowest BCUT2D eigenvalue weighted by Crippen LogP contribution is -2.52. The van der Waals surface area contributed by atoms with Crippen molar-refractivity contribution in [1.82, 2.24) is 10.6 Å². The average molecular weight is 359 g/mol. The number of hydrogen-bond acceptors (Lipinski definition) is 3. The summed E-state index contributed by atoms with van der Waals surface area (Å²) in [5.41, 5.74) is 0.503. The standard InChI is InChI=1S/C17H23ClN2O2.ClH/c18-14-3-1-2-13(12-14)17(6-10-22-11-7-17)16(21)20-15-4-8-19-9-5-15;/h1-3,12,15,19H,4-11H2,(H,20,21);1H. The number of amides is 1. The van der Waals surface area contributed by atoms with Crippen LogP contribution in [-0.4, -0.2) is 38.3 Å². The van der Waals surface area contributed by atoms with Gasteiger partial charge in [-0.1, -0.05) is 23.7 Å². The van der Waals surface area contributed by atoms with Crippen LogP contribution >= 0.6 is 24.0 Å². The van der Waals surface area contributed by atoms with Crippen molar-refractivity contribution in [2.45, 2.75) is 37.1 Å². The molecule has 0 aromatic heterocycles. The van der Waals surface area contributed by atoms with E-state index in [1.165, 1.54) is 0 Å². The van der Waals surface area contributed by atoms with Crippen LogP contribution in [0.25, 0.3) is 0 Å². The van der Waals surface area contributed by atoms with Crippen LogP contribution in [-0.2, 0) is 14.9 Å². The molecule has 0 unspecified atom stereocenters. The summed E-state index contributed by atoms with van der Waals surface area (Å²) in [6.45, 7) is 3.18. The highest BCUT2D eigenvalue weighted by atomic mass is 35.5. The number of ether oxygens (including phenoxy) is 1. The number of benzene rings is 1. The second-order valence-corrected chi connectivity index (χ2v) is 6.64. The van der Waals surface area contributed by atoms with Crippen molar-refractivity contribution >= 4 is 29.9 Å². The van der Waals surface area contributed by atoms with Crippen LogP contribution in [0.1, 0.15) is 31.2 Å². The van der Waals surface area contributed by atoms with E-state index in [4.69, 9.17) is 16.3 Å². The first-order valence-electron chi connectivity index (χ1n) is 8.06. The van der Waals surface area contributed by atoms with E-state index in [1.807, 2.05) is 24.3 Å². The van der Waals surface area contributed by atoms with E-state index in [9.17, 15) is 4.79 Å². The zero-order valence-corrected chi connectivity index (χ0v) is 14.7. The van der Waals surface area contributed by atoms with Gasteiger partial charge in [-0.3, -0.25) is 4.79 Å². The molecule has 0 spiro atoms. The van der Waals surface area contributed by atoms with Crippen molar-refractivity contribution in [1.29, 1.82) is 0 Å². The second-order valence-electron chi connectivity index (χ2n) is 6.20. The predicted molar refractivity (Wildman–Crippen MR) is 94.5 cm³/mol. The lowest BCUT2D eigenvalue weighted by molar-refractivity contribution is -0.131. The highest BCUT2D eigenvalue weighted by Crippen LogP contribution is 2.36. The number of nitrogens with one attached hydrogen (secondary N) is 2. The Morgan fingerprint density at radius 3 is 2.61 bits per heavy atom. The van der Waals surface area contributed by atoms with Crippen LogP contribution in [0.2, 0.25) is 5.02 Å². The van der Waals surface area contributed by atoms with Crippen LogP contribution in [0.4, 0.5) is 0 Å². The molecule has 1 aromatic rings. The van der Waals surface area contributed by atoms with Gasteiger partial charge in [0.1, 0.15) is 0 Å². The SMILES string of the molecule is Cl.O=C(NC1CCNCC1)C1(c2cccc(Cl)c2)CCOCC1. The molecule has 0 radical (unpaired) electrons. The third-order valence-corrected chi connectivity index (χ3v) is 5.07. The molecule has 2 aliphatic heterocycles. The van der Waals surface area contributed by atoms with Crippen molar-refractivity contribution in [3.05, 3.63) is 34.9 Å². The summed E-state index contributed by atoms with van der Waals surface area (Å²) in [6.07, 6.45) is 3.41. The minimum absolute atomic E-state index is 0. The molecule has 2 N–H and O–H groups in total. The first-order valence-corrected chi connectivity index (χ1v) is 8.44. The maximum Gasteiger partial charge on any atom is 0.231 e. The lowest BCUT2D eigenvalue weighted by atomic mass is 9.73. The van der Waals surface area contributed by atoms with Gasteiger partial charge in [-0.25, -0.2) is 0 Å². The van der Waals surface area contributed by atoms with Gasteiger partial charge < -0.3 is 15.4 Å². The van der Waals surface area contributed by atoms with Crippen molar-refractivity contribution in [3.8, 4) is 0 Å². The number of carbonyl (C=O) groups is 1. The molecule has 1 aromatic carbocycles. The van der Waals surface area contributed by atoms with E-state index in [-0.39, 0.29) is 24.4 Å². The summed E-state index contributed by atoms with van der Waals surface area (Å²) >= 11 is 6.15. The van der Waals surface area contributed by atoms with Crippen LogP contribution in [0.3, 0.4) is 0 Å². The van der Waals surface area contributed by atoms with Gasteiger partial charge in [-0.15, -0.1) is 12.4 Å². The molecule has 2 aliphatic rings. The maximum absolute atomic E-state index is 13.1. The van der Waals surface area contributed by atoms with Crippen LogP contribution in [0, 0.1) is 0 Å². The fourth-order valence-corrected chi connectivity index (χ4v) is 3.63. The lowest BCUT2D eigenvalue weighted by Gasteiger charge is -2.38. The number of halogens is 2. The smallest absolute Gasteiger partial charge is 0.231 e. The van der Waals surface area contributed by atoms with Crippen molar-refractivity contribution in [2.75, 3.05) is 26.3 Å². The van der Waals surface area contributed by atoms with Crippen LogP contribution < -0.4 is 10.6 Å². The molecule has 0 saturated carbocycles. The van der Waals surface area contributed by atoms with Gasteiger partial charge >= 0.3 is 0 Å². The zero-order valence-electron chi connectivity index (χ0n) is 13.1. The Morgan fingerprint density at radius 2 is 1.96 bits per heavy atom. The van der Waals surface area contributed by atoms with Gasteiger partial charge in [0.25, 0.3) is 0 Å². The Hall–Kier alpha value is -0.810. The number of hydrogen-bond donors (Lipinski definition) is 2. The molecule has 23 heavy (non-hydrogen) atoms. The zero-order chi connectivity index (χ0) is 15.4. The van der Waals surface area contributed by atoms with E-state index < -0.39 is 5.41 Å². The van der Waals surface area contributed by atoms with E-state index in [0.717, 1.165) is 31.5 Å². The number of rotatable bonds is 3. The highest BCUT2D eigenvalue weighted by molar-refractivity contribution is 6.30. The highest BCUT2D eigenvalue weighted by Gasteiger charge is 2.42. The molecule has 2 fully saturated rings. The second kappa shape index (κ2) is 8.34. The van der Waals surface area contributed by atoms with Crippen molar-refractivity contribution in [2.24, 2.45) is 0 Å². The monoisotopic (exact) mass is 358 g/mol. The Labute approximate surface area is 148 Å². The molecule has 3 rings (SSSR count). The van der Waals surface area contributed by atoms with Gasteiger partial charge in [0.05, 0.1) is 5.41 Å². The molecular formula is C17H24Cl2N2O2. The molecule has 4 nitrogen and oxygen atoms in total. The summed E-state index contributed by atoms with van der Waals surface area (Å²) in [5, 5.41) is 7.28. The topological polar surface area (TPSA) is 50.4 Å². The molecule has 0 aliphatic carbocycles. The molecule has 0 bridgehead atoms. The van der Waals surface area contributed by atoms with Crippen molar-refractivity contribution < 1.29 is 9.53 Å². The first kappa shape index (κ1) is 18.5. The fourth-order valence-electron chi connectivity index (χ4n) is 3.44. The Morgan fingerprint density at radius 1 is 1.26 bits per heavy atom. The number of carbonyl (C=O) groups excluding carboxylic acids is 1. The Bertz CT molecular complexity index is 527. The quantitative estimate of drug-likeness (QED) is 0.873. The summed E-state index contributed by atoms with van der Waals surface area (Å²) in [6, 6.07) is 7.98. The van der Waals surface area contributed by atoms with Gasteiger partial charge in [-0.05, 0) is 56.5 Å². The van der Waals surface area contributed by atoms with E-state index >= 15 is 0 Å². The first-order chi connectivity index (χ1) is 10.7. The molecule has 1 amide bonds. The fraction of sp³-hybridized carbons (Fsp3) is 0.588. The summed E-state index contributed by atoms with van der Waals surface area (Å²) in [5.74, 6) is 0.130. The third kappa shape index (κ3) is 4.18. The molecule has 0 atom stereocenters. The molecule has 128 valence electrons. The Balaban J connectivity index is 0.00000192. The summed E-state index contributed by atoms with van der Waals surface area (Å²) in [4.78, 5) is 13.1. The van der Waals surface area contributed by atoms with Crippen molar-refractivity contribution in [3.63, 3.8) is 0 Å². The average Bonchev–Trinajstić information content (AvgIpc) is 2.56. The van der Waals surface area contributed by atoms with Crippen LogP contribution in [0.5, 0.6) is 0 Å². The summed E-state index contributed by atoms with van der Waals surface area (Å²) < 4.78 is 5.49. The third-order valence-electron chi connectivity index (χ3n) is 4.83. The Kier molecular flexibility index (Phi) is 6.72. The van der Waals surface area contributed by atoms with Gasteiger partial charge in [0.2, 0.25) is 5.91 Å². The largest absolute Gasteiger partial charge is 0.381 e. The predicted octanol–water partition coefficient (Wildman–Crippen LogP) is 2.68. The molecular weight excluding hydrogens is 335 g/mol. The molecule has 6 heteroatoms. The van der Waals surface area contributed by atoms with Gasteiger partial charge in [0.15, 0.2) is 0 Å². The number of piperidine rings is 1. The van der Waals surface area contributed by atoms with Crippen LogP contribution in [0.15, 0.2) is 24.3 Å². The maximum atomic E-state index is 13.1. The minimum atomic E-state index is -0.506. The normalized spacial score (nSPS) is 21.3.